The van der Waals surface area contributed by atoms with E-state index in [4.69, 9.17) is 0 Å². The molecule has 0 fully saturated rings. The Morgan fingerprint density at radius 3 is 2.68 bits per heavy atom. The van der Waals surface area contributed by atoms with E-state index in [1.807, 2.05) is 16.7 Å². The van der Waals surface area contributed by atoms with Gasteiger partial charge in [-0.1, -0.05) is 37.7 Å². The Labute approximate surface area is 167 Å². The van der Waals surface area contributed by atoms with Crippen LogP contribution in [0.1, 0.15) is 19.4 Å². The lowest BCUT2D eigenvalue weighted by Gasteiger charge is -2.12. The minimum atomic E-state index is -0.292. The number of nitrogens with zero attached hydrogens (tertiary/aromatic N) is 4. The first-order chi connectivity index (χ1) is 13.5. The smallest absolute Gasteiger partial charge is 0.230 e. The molecule has 0 radical (unpaired) electrons. The standard InChI is InChI=1S/C20H22FN5OS/c1-14(2)12-26-19(16-4-3-9-22-11-16)24-25-20(26)28-13-18(27)23-10-15-5-7-17(21)8-6-15/h3-9,11,14H,10,12-13H2,1-2H3,(H,23,27). The van der Waals surface area contributed by atoms with Crippen molar-refractivity contribution in [3.63, 3.8) is 0 Å². The Morgan fingerprint density at radius 2 is 2.00 bits per heavy atom. The van der Waals surface area contributed by atoms with Crippen LogP contribution in [0.4, 0.5) is 4.39 Å². The number of carbonyl (C=O) groups is 1. The summed E-state index contributed by atoms with van der Waals surface area (Å²) in [7, 11) is 0. The summed E-state index contributed by atoms with van der Waals surface area (Å²) in [4.78, 5) is 16.3. The van der Waals surface area contributed by atoms with Gasteiger partial charge in [0.2, 0.25) is 5.91 Å². The van der Waals surface area contributed by atoms with E-state index >= 15 is 0 Å². The van der Waals surface area contributed by atoms with Crippen LogP contribution >= 0.6 is 11.8 Å². The number of hydrogen-bond acceptors (Lipinski definition) is 5. The van der Waals surface area contributed by atoms with Crippen LogP contribution in [-0.2, 0) is 17.9 Å². The Kier molecular flexibility index (Phi) is 6.76. The molecule has 0 saturated carbocycles. The monoisotopic (exact) mass is 399 g/mol. The van der Waals surface area contributed by atoms with Gasteiger partial charge in [0.15, 0.2) is 11.0 Å². The van der Waals surface area contributed by atoms with Crippen LogP contribution in [0.3, 0.4) is 0 Å². The summed E-state index contributed by atoms with van der Waals surface area (Å²) < 4.78 is 15.0. The van der Waals surface area contributed by atoms with Gasteiger partial charge in [0.1, 0.15) is 5.82 Å². The van der Waals surface area contributed by atoms with Gasteiger partial charge in [-0.25, -0.2) is 4.39 Å². The fraction of sp³-hybridized carbons (Fsp3) is 0.300. The van der Waals surface area contributed by atoms with E-state index in [-0.39, 0.29) is 17.5 Å². The highest BCUT2D eigenvalue weighted by atomic mass is 32.2. The van der Waals surface area contributed by atoms with Gasteiger partial charge in [-0.05, 0) is 35.7 Å². The molecule has 0 aliphatic rings. The van der Waals surface area contributed by atoms with Gasteiger partial charge in [-0.2, -0.15) is 0 Å². The maximum Gasteiger partial charge on any atom is 0.230 e. The molecule has 6 nitrogen and oxygen atoms in total. The molecule has 0 unspecified atom stereocenters. The number of halogens is 1. The van der Waals surface area contributed by atoms with Gasteiger partial charge in [0, 0.05) is 31.0 Å². The van der Waals surface area contributed by atoms with Crippen molar-refractivity contribution in [2.75, 3.05) is 5.75 Å². The summed E-state index contributed by atoms with van der Waals surface area (Å²) in [6, 6.07) is 9.87. The van der Waals surface area contributed by atoms with Crippen molar-refractivity contribution in [1.82, 2.24) is 25.1 Å². The third-order valence-electron chi connectivity index (χ3n) is 3.92. The number of benzene rings is 1. The number of amides is 1. The number of carbonyl (C=O) groups excluding carboxylic acids is 1. The summed E-state index contributed by atoms with van der Waals surface area (Å²) >= 11 is 1.35. The van der Waals surface area contributed by atoms with Crippen LogP contribution in [-0.4, -0.2) is 31.4 Å². The van der Waals surface area contributed by atoms with Gasteiger partial charge in [0.05, 0.1) is 5.75 Å². The Hall–Kier alpha value is -2.74. The molecule has 146 valence electrons. The van der Waals surface area contributed by atoms with Gasteiger partial charge < -0.3 is 9.88 Å². The van der Waals surface area contributed by atoms with Gasteiger partial charge in [-0.15, -0.1) is 10.2 Å². The largest absolute Gasteiger partial charge is 0.351 e. The normalized spacial score (nSPS) is 11.0. The lowest BCUT2D eigenvalue weighted by molar-refractivity contribution is -0.118. The molecular formula is C20H22FN5OS. The second kappa shape index (κ2) is 9.45. The van der Waals surface area contributed by atoms with Gasteiger partial charge in [0.25, 0.3) is 0 Å². The molecule has 3 aromatic rings. The Morgan fingerprint density at radius 1 is 1.21 bits per heavy atom. The zero-order valence-corrected chi connectivity index (χ0v) is 16.6. The molecule has 0 aliphatic carbocycles. The van der Waals surface area contributed by atoms with Gasteiger partial charge in [-0.3, -0.25) is 9.78 Å². The number of hydrogen-bond donors (Lipinski definition) is 1. The predicted octanol–water partition coefficient (Wildman–Crippen LogP) is 3.54. The van der Waals surface area contributed by atoms with Crippen molar-refractivity contribution >= 4 is 17.7 Å². The van der Waals surface area contributed by atoms with Crippen molar-refractivity contribution in [2.24, 2.45) is 5.92 Å². The minimum absolute atomic E-state index is 0.114. The predicted molar refractivity (Wildman–Crippen MR) is 107 cm³/mol. The summed E-state index contributed by atoms with van der Waals surface area (Å²) in [6.07, 6.45) is 3.47. The molecule has 28 heavy (non-hydrogen) atoms. The molecular weight excluding hydrogens is 377 g/mol. The number of rotatable bonds is 8. The van der Waals surface area contributed by atoms with Crippen molar-refractivity contribution in [2.45, 2.75) is 32.1 Å². The molecule has 0 aliphatic heterocycles. The first kappa shape index (κ1) is 20.0. The van der Waals surface area contributed by atoms with E-state index < -0.39 is 0 Å². The van der Waals surface area contributed by atoms with Crippen LogP contribution in [0.15, 0.2) is 53.9 Å². The van der Waals surface area contributed by atoms with E-state index in [1.165, 1.54) is 23.9 Å². The molecule has 0 atom stereocenters. The Bertz CT molecular complexity index is 912. The highest BCUT2D eigenvalue weighted by Crippen LogP contribution is 2.24. The van der Waals surface area contributed by atoms with Crippen LogP contribution in [0.25, 0.3) is 11.4 Å². The van der Waals surface area contributed by atoms with Crippen molar-refractivity contribution < 1.29 is 9.18 Å². The van der Waals surface area contributed by atoms with E-state index in [2.05, 4.69) is 34.3 Å². The fourth-order valence-corrected chi connectivity index (χ4v) is 3.40. The molecule has 0 bridgehead atoms. The fourth-order valence-electron chi connectivity index (χ4n) is 2.62. The maximum absolute atomic E-state index is 12.9. The van der Waals surface area contributed by atoms with Crippen molar-refractivity contribution in [3.05, 3.63) is 60.2 Å². The summed E-state index contributed by atoms with van der Waals surface area (Å²) in [5.74, 6) is 0.967. The zero-order valence-electron chi connectivity index (χ0n) is 15.8. The maximum atomic E-state index is 12.9. The molecule has 3 rings (SSSR count). The topological polar surface area (TPSA) is 72.7 Å². The average Bonchev–Trinajstić information content (AvgIpc) is 3.08. The molecule has 1 aromatic carbocycles. The Balaban J connectivity index is 1.64. The highest BCUT2D eigenvalue weighted by molar-refractivity contribution is 7.99. The van der Waals surface area contributed by atoms with E-state index in [0.717, 1.165) is 23.5 Å². The van der Waals surface area contributed by atoms with Crippen LogP contribution in [0, 0.1) is 11.7 Å². The lowest BCUT2D eigenvalue weighted by Crippen LogP contribution is -2.24. The van der Waals surface area contributed by atoms with Crippen molar-refractivity contribution in [1.29, 1.82) is 0 Å². The van der Waals surface area contributed by atoms with Gasteiger partial charge >= 0.3 is 0 Å². The number of nitrogens with one attached hydrogen (secondary N) is 1. The number of thioether (sulfide) groups is 1. The SMILES string of the molecule is CC(C)Cn1c(SCC(=O)NCc2ccc(F)cc2)nnc1-c1cccnc1. The average molecular weight is 399 g/mol. The molecule has 2 heterocycles. The number of pyridine rings is 1. The quantitative estimate of drug-likeness (QED) is 0.587. The molecule has 0 saturated heterocycles. The number of aromatic nitrogens is 4. The van der Waals surface area contributed by atoms with E-state index in [1.54, 1.807) is 24.5 Å². The second-order valence-electron chi connectivity index (χ2n) is 6.74. The minimum Gasteiger partial charge on any atom is -0.351 e. The first-order valence-corrected chi connectivity index (χ1v) is 9.99. The summed E-state index contributed by atoms with van der Waals surface area (Å²) in [6.45, 7) is 5.35. The van der Waals surface area contributed by atoms with E-state index in [9.17, 15) is 9.18 Å². The summed E-state index contributed by atoms with van der Waals surface area (Å²) in [5, 5.41) is 12.1. The second-order valence-corrected chi connectivity index (χ2v) is 7.69. The molecule has 0 spiro atoms. The van der Waals surface area contributed by atoms with Crippen LogP contribution < -0.4 is 5.32 Å². The zero-order chi connectivity index (χ0) is 19.9. The van der Waals surface area contributed by atoms with Crippen LogP contribution in [0.5, 0.6) is 0 Å². The highest BCUT2D eigenvalue weighted by Gasteiger charge is 2.16. The van der Waals surface area contributed by atoms with Crippen LogP contribution in [0.2, 0.25) is 0 Å². The van der Waals surface area contributed by atoms with E-state index in [0.29, 0.717) is 17.6 Å². The van der Waals surface area contributed by atoms with Crippen molar-refractivity contribution in [3.8, 4) is 11.4 Å². The summed E-state index contributed by atoms with van der Waals surface area (Å²) in [5.41, 5.74) is 1.74. The lowest BCUT2D eigenvalue weighted by atomic mass is 10.2. The first-order valence-electron chi connectivity index (χ1n) is 9.00. The molecule has 2 aromatic heterocycles. The molecule has 1 N–H and O–H groups in total. The molecule has 1 amide bonds. The third kappa shape index (κ3) is 5.39. The third-order valence-corrected chi connectivity index (χ3v) is 4.89. The molecule has 8 heteroatoms.